The lowest BCUT2D eigenvalue weighted by molar-refractivity contribution is -0.143. The summed E-state index contributed by atoms with van der Waals surface area (Å²) in [5.41, 5.74) is 0. The summed E-state index contributed by atoms with van der Waals surface area (Å²) in [4.78, 5) is 15.2. The normalized spacial score (nSPS) is 10.6. The number of nitrogens with zero attached hydrogens (tertiary/aromatic N) is 3. The number of nitrogens with one attached hydrogen (secondary N) is 1. The smallest absolute Gasteiger partial charge is 0.305 e. The Hall–Kier alpha value is -1.43. The van der Waals surface area contributed by atoms with Crippen molar-refractivity contribution in [1.82, 2.24) is 20.1 Å². The molecule has 0 saturated carbocycles. The number of aromatic nitrogens is 3. The van der Waals surface area contributed by atoms with Crippen LogP contribution in [0.25, 0.3) is 0 Å². The summed E-state index contributed by atoms with van der Waals surface area (Å²) in [5.74, 6) is 0.786. The predicted molar refractivity (Wildman–Crippen MR) is 72.7 cm³/mol. The van der Waals surface area contributed by atoms with Gasteiger partial charge in [-0.2, -0.15) is 5.10 Å². The second-order valence-electron chi connectivity index (χ2n) is 4.45. The van der Waals surface area contributed by atoms with Gasteiger partial charge >= 0.3 is 5.97 Å². The molecule has 0 spiro atoms. The van der Waals surface area contributed by atoms with Crippen LogP contribution in [0, 0.1) is 0 Å². The zero-order valence-electron chi connectivity index (χ0n) is 11.9. The van der Waals surface area contributed by atoms with E-state index in [0.717, 1.165) is 44.6 Å². The minimum absolute atomic E-state index is 0.0864. The molecule has 1 aromatic rings. The van der Waals surface area contributed by atoms with Gasteiger partial charge in [-0.15, -0.1) is 0 Å². The zero-order valence-corrected chi connectivity index (χ0v) is 11.9. The largest absolute Gasteiger partial charge is 0.466 e. The van der Waals surface area contributed by atoms with Crippen molar-refractivity contribution in [2.75, 3.05) is 19.7 Å². The predicted octanol–water partition coefficient (Wildman–Crippen LogP) is 1.07. The molecule has 1 aromatic heterocycles. The van der Waals surface area contributed by atoms with Crippen molar-refractivity contribution in [3.05, 3.63) is 12.2 Å². The summed E-state index contributed by atoms with van der Waals surface area (Å²) < 4.78 is 6.58. The molecule has 6 nitrogen and oxygen atoms in total. The van der Waals surface area contributed by atoms with Crippen LogP contribution in [0.15, 0.2) is 6.33 Å². The van der Waals surface area contributed by atoms with Gasteiger partial charge in [0.25, 0.3) is 0 Å². The van der Waals surface area contributed by atoms with Gasteiger partial charge in [-0.25, -0.2) is 4.98 Å². The number of hydrogen-bond acceptors (Lipinski definition) is 5. The van der Waals surface area contributed by atoms with Crippen molar-refractivity contribution < 1.29 is 9.53 Å². The summed E-state index contributed by atoms with van der Waals surface area (Å²) in [6, 6.07) is 0. The highest BCUT2D eigenvalue weighted by Gasteiger charge is 2.01. The molecule has 0 aromatic carbocycles. The second-order valence-corrected chi connectivity index (χ2v) is 4.45. The minimum Gasteiger partial charge on any atom is -0.466 e. The highest BCUT2D eigenvalue weighted by atomic mass is 16.5. The number of hydrogen-bond donors (Lipinski definition) is 1. The number of rotatable bonds is 10. The van der Waals surface area contributed by atoms with Crippen molar-refractivity contribution in [1.29, 1.82) is 0 Å². The Kier molecular flexibility index (Phi) is 7.81. The Labute approximate surface area is 114 Å². The van der Waals surface area contributed by atoms with E-state index in [1.165, 1.54) is 0 Å². The molecule has 0 aliphatic heterocycles. The average Bonchev–Trinajstić information content (AvgIpc) is 2.79. The molecule has 0 fully saturated rings. The Bertz CT molecular complexity index is 365. The van der Waals surface area contributed by atoms with E-state index in [2.05, 4.69) is 15.4 Å². The van der Waals surface area contributed by atoms with Gasteiger partial charge in [-0.05, 0) is 26.3 Å². The summed E-state index contributed by atoms with van der Waals surface area (Å²) >= 11 is 0. The molecule has 0 radical (unpaired) electrons. The van der Waals surface area contributed by atoms with E-state index >= 15 is 0 Å². The van der Waals surface area contributed by atoms with Crippen LogP contribution in [0.5, 0.6) is 0 Å². The van der Waals surface area contributed by atoms with E-state index in [0.29, 0.717) is 13.0 Å². The van der Waals surface area contributed by atoms with Crippen LogP contribution < -0.4 is 5.32 Å². The Morgan fingerprint density at radius 2 is 2.21 bits per heavy atom. The third-order valence-corrected chi connectivity index (χ3v) is 2.71. The molecule has 0 saturated heterocycles. The van der Waals surface area contributed by atoms with Crippen LogP contribution in [0.1, 0.15) is 38.4 Å². The maximum absolute atomic E-state index is 11.1. The van der Waals surface area contributed by atoms with Gasteiger partial charge in [-0.1, -0.05) is 6.42 Å². The molecule has 0 bridgehead atoms. The Balaban J connectivity index is 1.87. The van der Waals surface area contributed by atoms with Crippen molar-refractivity contribution >= 4 is 5.97 Å². The van der Waals surface area contributed by atoms with Gasteiger partial charge < -0.3 is 10.1 Å². The topological polar surface area (TPSA) is 69.0 Å². The number of unbranched alkanes of at least 4 members (excludes halogenated alkanes) is 2. The molecule has 1 heterocycles. The van der Waals surface area contributed by atoms with Crippen molar-refractivity contribution in [3.63, 3.8) is 0 Å². The van der Waals surface area contributed by atoms with Crippen LogP contribution in [-0.2, 0) is 23.0 Å². The van der Waals surface area contributed by atoms with E-state index in [1.54, 1.807) is 11.0 Å². The third kappa shape index (κ3) is 7.56. The van der Waals surface area contributed by atoms with Gasteiger partial charge in [-0.3, -0.25) is 9.48 Å². The molecule has 0 atom stereocenters. The molecule has 108 valence electrons. The Morgan fingerprint density at radius 1 is 1.37 bits per heavy atom. The van der Waals surface area contributed by atoms with Crippen LogP contribution in [0.3, 0.4) is 0 Å². The number of carbonyl (C=O) groups excluding carboxylic acids is 1. The molecule has 0 aliphatic rings. The lowest BCUT2D eigenvalue weighted by Gasteiger charge is -2.03. The zero-order chi connectivity index (χ0) is 13.9. The van der Waals surface area contributed by atoms with E-state index < -0.39 is 0 Å². The van der Waals surface area contributed by atoms with Crippen molar-refractivity contribution in [3.8, 4) is 0 Å². The number of aryl methyl sites for hydroxylation is 1. The second kappa shape index (κ2) is 9.49. The number of carbonyl (C=O) groups is 1. The van der Waals surface area contributed by atoms with E-state index in [4.69, 9.17) is 4.74 Å². The first-order valence-corrected chi connectivity index (χ1v) is 6.93. The molecule has 0 unspecified atom stereocenters. The lowest BCUT2D eigenvalue weighted by atomic mass is 10.2. The standard InChI is InChI=1S/C13H24N4O2/c1-3-19-13(18)7-5-4-6-9-14-10-8-12-15-11-17(2)16-12/h11,14H,3-10H2,1-2H3. The fraction of sp³-hybridized carbons (Fsp3) is 0.769. The first kappa shape index (κ1) is 15.6. The van der Waals surface area contributed by atoms with Crippen LogP contribution >= 0.6 is 0 Å². The quantitative estimate of drug-likeness (QED) is 0.508. The van der Waals surface area contributed by atoms with E-state index in [1.807, 2.05) is 14.0 Å². The maximum atomic E-state index is 11.1. The average molecular weight is 268 g/mol. The first-order chi connectivity index (χ1) is 9.22. The molecule has 19 heavy (non-hydrogen) atoms. The fourth-order valence-electron chi connectivity index (χ4n) is 1.75. The van der Waals surface area contributed by atoms with Crippen molar-refractivity contribution in [2.24, 2.45) is 7.05 Å². The molecule has 0 amide bonds. The highest BCUT2D eigenvalue weighted by Crippen LogP contribution is 2.00. The van der Waals surface area contributed by atoms with Crippen LogP contribution in [0.2, 0.25) is 0 Å². The van der Waals surface area contributed by atoms with Gasteiger partial charge in [0.15, 0.2) is 5.82 Å². The van der Waals surface area contributed by atoms with Crippen LogP contribution in [0.4, 0.5) is 0 Å². The van der Waals surface area contributed by atoms with Gasteiger partial charge in [0.2, 0.25) is 0 Å². The maximum Gasteiger partial charge on any atom is 0.305 e. The molecular formula is C13H24N4O2. The van der Waals surface area contributed by atoms with Crippen LogP contribution in [-0.4, -0.2) is 40.4 Å². The SMILES string of the molecule is CCOC(=O)CCCCCNCCc1ncn(C)n1. The van der Waals surface area contributed by atoms with Gasteiger partial charge in [0.05, 0.1) is 6.61 Å². The monoisotopic (exact) mass is 268 g/mol. The highest BCUT2D eigenvalue weighted by molar-refractivity contribution is 5.69. The molecule has 1 rings (SSSR count). The third-order valence-electron chi connectivity index (χ3n) is 2.71. The summed E-state index contributed by atoms with van der Waals surface area (Å²) in [5, 5.41) is 7.56. The Morgan fingerprint density at radius 3 is 2.89 bits per heavy atom. The number of esters is 1. The molecule has 1 N–H and O–H groups in total. The van der Waals surface area contributed by atoms with Gasteiger partial charge in [0.1, 0.15) is 6.33 Å². The molecule has 6 heteroatoms. The molecule has 0 aliphatic carbocycles. The minimum atomic E-state index is -0.0864. The lowest BCUT2D eigenvalue weighted by Crippen LogP contribution is -2.19. The van der Waals surface area contributed by atoms with E-state index in [-0.39, 0.29) is 5.97 Å². The summed E-state index contributed by atoms with van der Waals surface area (Å²) in [6.45, 7) is 4.16. The van der Waals surface area contributed by atoms with E-state index in [9.17, 15) is 4.79 Å². The molecular weight excluding hydrogens is 244 g/mol. The number of ether oxygens (including phenoxy) is 1. The van der Waals surface area contributed by atoms with Crippen molar-refractivity contribution in [2.45, 2.75) is 39.0 Å². The first-order valence-electron chi connectivity index (χ1n) is 6.93. The fourth-order valence-corrected chi connectivity index (χ4v) is 1.75. The van der Waals surface area contributed by atoms with Gasteiger partial charge in [0, 0.05) is 26.4 Å². The summed E-state index contributed by atoms with van der Waals surface area (Å²) in [6.07, 6.45) is 6.13. The summed E-state index contributed by atoms with van der Waals surface area (Å²) in [7, 11) is 1.87.